The molecule has 0 spiro atoms. The average molecular weight is 353 g/mol. The summed E-state index contributed by atoms with van der Waals surface area (Å²) in [5, 5.41) is 26.4. The minimum atomic E-state index is -0.652. The minimum absolute atomic E-state index is 0.299. The maximum Gasteiger partial charge on any atom is 0.299 e. The molecule has 26 heavy (non-hydrogen) atoms. The van der Waals surface area contributed by atoms with Crippen molar-refractivity contribution in [3.8, 4) is 5.69 Å². The molecule has 0 fully saturated rings. The molecule has 0 aliphatic rings. The summed E-state index contributed by atoms with van der Waals surface area (Å²) in [6.07, 6.45) is 3.52. The molecule has 9 nitrogen and oxygen atoms in total. The Morgan fingerprint density at radius 2 is 1.81 bits per heavy atom. The van der Waals surface area contributed by atoms with E-state index < -0.39 is 9.85 Å². The van der Waals surface area contributed by atoms with Crippen molar-refractivity contribution in [2.45, 2.75) is 6.54 Å². The standard InChI is InChI=1S/C17H15N5O4/c1-19(16-8-7-15(21(23)24)9-17(16)22(25)26)11-13-10-18-20(12-13)14-5-3-2-4-6-14/h2-10,12H,11H2,1H3. The third kappa shape index (κ3) is 3.51. The second-order valence-electron chi connectivity index (χ2n) is 5.67. The summed E-state index contributed by atoms with van der Waals surface area (Å²) in [6.45, 7) is 0.367. The molecule has 3 aromatic rings. The van der Waals surface area contributed by atoms with E-state index in [9.17, 15) is 20.2 Å². The number of benzene rings is 2. The van der Waals surface area contributed by atoms with Gasteiger partial charge in [0.1, 0.15) is 5.69 Å². The van der Waals surface area contributed by atoms with Gasteiger partial charge in [-0.2, -0.15) is 5.10 Å². The molecule has 0 amide bonds. The lowest BCUT2D eigenvalue weighted by molar-refractivity contribution is -0.393. The number of non-ortho nitro benzene ring substituents is 1. The van der Waals surface area contributed by atoms with Crippen LogP contribution in [0.1, 0.15) is 5.56 Å². The number of hydrogen-bond acceptors (Lipinski definition) is 6. The fourth-order valence-corrected chi connectivity index (χ4v) is 2.62. The summed E-state index contributed by atoms with van der Waals surface area (Å²) in [5.41, 5.74) is 1.43. The third-order valence-electron chi connectivity index (χ3n) is 3.85. The van der Waals surface area contributed by atoms with Crippen LogP contribution in [0, 0.1) is 20.2 Å². The molecule has 1 heterocycles. The lowest BCUT2D eigenvalue weighted by Gasteiger charge is -2.18. The fraction of sp³-hybridized carbons (Fsp3) is 0.118. The highest BCUT2D eigenvalue weighted by Crippen LogP contribution is 2.32. The minimum Gasteiger partial charge on any atom is -0.365 e. The van der Waals surface area contributed by atoms with E-state index in [-0.39, 0.29) is 11.4 Å². The first-order valence-electron chi connectivity index (χ1n) is 7.68. The van der Waals surface area contributed by atoms with Crippen molar-refractivity contribution in [1.29, 1.82) is 0 Å². The van der Waals surface area contributed by atoms with Crippen molar-refractivity contribution in [3.63, 3.8) is 0 Å². The molecule has 3 rings (SSSR count). The van der Waals surface area contributed by atoms with Crippen molar-refractivity contribution in [1.82, 2.24) is 9.78 Å². The lowest BCUT2D eigenvalue weighted by Crippen LogP contribution is -2.17. The maximum atomic E-state index is 11.3. The Morgan fingerprint density at radius 3 is 2.46 bits per heavy atom. The maximum absolute atomic E-state index is 11.3. The quantitative estimate of drug-likeness (QED) is 0.497. The highest BCUT2D eigenvalue weighted by molar-refractivity contribution is 5.66. The zero-order valence-electron chi connectivity index (χ0n) is 13.8. The van der Waals surface area contributed by atoms with Gasteiger partial charge < -0.3 is 4.90 Å². The van der Waals surface area contributed by atoms with Crippen molar-refractivity contribution >= 4 is 17.1 Å². The van der Waals surface area contributed by atoms with Gasteiger partial charge in [0.15, 0.2) is 0 Å². The van der Waals surface area contributed by atoms with E-state index >= 15 is 0 Å². The molecule has 0 aliphatic heterocycles. The van der Waals surface area contributed by atoms with Gasteiger partial charge in [-0.25, -0.2) is 4.68 Å². The number of rotatable bonds is 6. The number of anilines is 1. The van der Waals surface area contributed by atoms with Gasteiger partial charge in [-0.3, -0.25) is 20.2 Å². The molecule has 9 heteroatoms. The molecule has 0 saturated carbocycles. The Labute approximate surface area is 148 Å². The first-order valence-corrected chi connectivity index (χ1v) is 7.68. The second kappa shape index (κ2) is 7.01. The Morgan fingerprint density at radius 1 is 1.08 bits per heavy atom. The molecular weight excluding hydrogens is 338 g/mol. The van der Waals surface area contributed by atoms with Crippen LogP contribution in [0.5, 0.6) is 0 Å². The van der Waals surface area contributed by atoms with Gasteiger partial charge in [0.05, 0.1) is 27.8 Å². The monoisotopic (exact) mass is 353 g/mol. The van der Waals surface area contributed by atoms with Crippen molar-refractivity contribution in [3.05, 3.63) is 86.7 Å². The van der Waals surface area contributed by atoms with E-state index in [2.05, 4.69) is 5.10 Å². The smallest absolute Gasteiger partial charge is 0.299 e. The van der Waals surface area contributed by atoms with Crippen LogP contribution >= 0.6 is 0 Å². The molecule has 1 aromatic heterocycles. The number of hydrogen-bond donors (Lipinski definition) is 0. The predicted molar refractivity (Wildman–Crippen MR) is 95.4 cm³/mol. The Kier molecular flexibility index (Phi) is 4.61. The summed E-state index contributed by atoms with van der Waals surface area (Å²) in [4.78, 5) is 22.5. The fourth-order valence-electron chi connectivity index (χ4n) is 2.62. The predicted octanol–water partition coefficient (Wildman–Crippen LogP) is 3.33. The van der Waals surface area contributed by atoms with E-state index in [0.717, 1.165) is 17.3 Å². The molecule has 0 unspecified atom stereocenters. The summed E-state index contributed by atoms with van der Waals surface area (Å²) in [6, 6.07) is 13.2. The number of aromatic nitrogens is 2. The first-order chi connectivity index (χ1) is 12.5. The van der Waals surface area contributed by atoms with Gasteiger partial charge in [0, 0.05) is 31.4 Å². The normalized spacial score (nSPS) is 10.5. The highest BCUT2D eigenvalue weighted by atomic mass is 16.6. The Bertz CT molecular complexity index is 955. The number of nitro benzene ring substituents is 2. The zero-order valence-corrected chi connectivity index (χ0v) is 13.8. The highest BCUT2D eigenvalue weighted by Gasteiger charge is 2.22. The Balaban J connectivity index is 1.84. The second-order valence-corrected chi connectivity index (χ2v) is 5.67. The van der Waals surface area contributed by atoms with E-state index in [1.807, 2.05) is 36.5 Å². The van der Waals surface area contributed by atoms with E-state index in [0.29, 0.717) is 12.2 Å². The van der Waals surface area contributed by atoms with Crippen LogP contribution in [0.3, 0.4) is 0 Å². The topological polar surface area (TPSA) is 107 Å². The van der Waals surface area contributed by atoms with Crippen LogP contribution < -0.4 is 4.90 Å². The zero-order chi connectivity index (χ0) is 18.7. The summed E-state index contributed by atoms with van der Waals surface area (Å²) >= 11 is 0. The van der Waals surface area contributed by atoms with Gasteiger partial charge in [0.2, 0.25) is 0 Å². The van der Waals surface area contributed by atoms with Gasteiger partial charge in [-0.15, -0.1) is 0 Å². The molecule has 0 N–H and O–H groups in total. The SMILES string of the molecule is CN(Cc1cnn(-c2ccccc2)c1)c1ccc([N+](=O)[O-])cc1[N+](=O)[O-]. The molecule has 0 bridgehead atoms. The van der Waals surface area contributed by atoms with Crippen LogP contribution in [-0.4, -0.2) is 26.7 Å². The van der Waals surface area contributed by atoms with Gasteiger partial charge in [-0.1, -0.05) is 18.2 Å². The van der Waals surface area contributed by atoms with Crippen LogP contribution in [0.15, 0.2) is 60.9 Å². The van der Waals surface area contributed by atoms with Crippen molar-refractivity contribution in [2.75, 3.05) is 11.9 Å². The molecule has 132 valence electrons. The largest absolute Gasteiger partial charge is 0.365 e. The summed E-state index contributed by atoms with van der Waals surface area (Å²) in [7, 11) is 1.69. The van der Waals surface area contributed by atoms with E-state index in [1.165, 1.54) is 12.1 Å². The molecule has 0 atom stereocenters. The summed E-state index contributed by atoms with van der Waals surface area (Å²) in [5.74, 6) is 0. The number of nitro groups is 2. The Hall–Kier alpha value is -3.75. The van der Waals surface area contributed by atoms with Crippen LogP contribution in [-0.2, 0) is 6.54 Å². The van der Waals surface area contributed by atoms with Gasteiger partial charge in [0.25, 0.3) is 11.4 Å². The van der Waals surface area contributed by atoms with Crippen molar-refractivity contribution in [2.24, 2.45) is 0 Å². The molecular formula is C17H15N5O4. The first kappa shape index (κ1) is 17.1. The molecule has 2 aromatic carbocycles. The number of nitrogens with zero attached hydrogens (tertiary/aromatic N) is 5. The van der Waals surface area contributed by atoms with Crippen LogP contribution in [0.25, 0.3) is 5.69 Å². The van der Waals surface area contributed by atoms with Crippen LogP contribution in [0.2, 0.25) is 0 Å². The third-order valence-corrected chi connectivity index (χ3v) is 3.85. The van der Waals surface area contributed by atoms with E-state index in [4.69, 9.17) is 0 Å². The van der Waals surface area contributed by atoms with E-state index in [1.54, 1.807) is 22.8 Å². The number of para-hydroxylation sites is 1. The van der Waals surface area contributed by atoms with Gasteiger partial charge in [-0.05, 0) is 18.2 Å². The van der Waals surface area contributed by atoms with Gasteiger partial charge >= 0.3 is 0 Å². The molecule has 0 aliphatic carbocycles. The summed E-state index contributed by atoms with van der Waals surface area (Å²) < 4.78 is 1.72. The van der Waals surface area contributed by atoms with Crippen LogP contribution in [0.4, 0.5) is 17.1 Å². The van der Waals surface area contributed by atoms with Crippen molar-refractivity contribution < 1.29 is 9.85 Å². The lowest BCUT2D eigenvalue weighted by atomic mass is 10.2. The molecule has 0 radical (unpaired) electrons. The molecule has 0 saturated heterocycles. The average Bonchev–Trinajstić information content (AvgIpc) is 3.10.